The molecule has 76 heavy (non-hydrogen) atoms. The number of esters is 1. The average Bonchev–Trinajstić information content (AvgIpc) is 3.42. The second-order valence-electron chi connectivity index (χ2n) is 23.5. The lowest BCUT2D eigenvalue weighted by Crippen LogP contribution is -2.45. The highest BCUT2D eigenvalue weighted by Gasteiger charge is 2.20. The van der Waals surface area contributed by atoms with Crippen LogP contribution in [-0.4, -0.2) is 47.4 Å². The van der Waals surface area contributed by atoms with Crippen LogP contribution < -0.4 is 5.32 Å². The number of hydrogen-bond acceptors (Lipinski definition) is 5. The Morgan fingerprint density at radius 3 is 1.01 bits per heavy atom. The third kappa shape index (κ3) is 61.3. The maximum atomic E-state index is 12.5. The van der Waals surface area contributed by atoms with Gasteiger partial charge >= 0.3 is 5.97 Å². The molecule has 0 aliphatic carbocycles. The Labute approximate surface area is 474 Å². The van der Waals surface area contributed by atoms with Crippen LogP contribution >= 0.6 is 0 Å². The van der Waals surface area contributed by atoms with E-state index in [0.717, 1.165) is 51.4 Å². The van der Waals surface area contributed by atoms with Crippen LogP contribution in [-0.2, 0) is 14.3 Å². The molecule has 0 bridgehead atoms. The third-order valence-electron chi connectivity index (χ3n) is 15.9. The summed E-state index contributed by atoms with van der Waals surface area (Å²) in [4.78, 5) is 24.6. The Morgan fingerprint density at radius 1 is 0.368 bits per heavy atom. The number of carbonyl (C=O) groups is 2. The molecule has 1 amide bonds. The fourth-order valence-corrected chi connectivity index (χ4v) is 10.7. The van der Waals surface area contributed by atoms with Gasteiger partial charge in [0, 0.05) is 12.8 Å². The number of hydrogen-bond donors (Lipinski definition) is 3. The zero-order valence-corrected chi connectivity index (χ0v) is 51.3. The molecule has 3 N–H and O–H groups in total. The zero-order chi connectivity index (χ0) is 55.0. The molecule has 0 aromatic carbocycles. The van der Waals surface area contributed by atoms with Crippen molar-refractivity contribution in [2.24, 2.45) is 0 Å². The topological polar surface area (TPSA) is 95.9 Å². The van der Waals surface area contributed by atoms with Crippen molar-refractivity contribution in [1.29, 1.82) is 0 Å². The monoisotopic (exact) mass is 1070 g/mol. The number of nitrogens with one attached hydrogen (secondary N) is 1. The van der Waals surface area contributed by atoms with Crippen LogP contribution in [0.3, 0.4) is 0 Å². The standard InChI is InChI=1S/C70H133NO5/c1-3-5-7-9-11-13-15-17-19-31-36-40-44-48-52-56-60-64-70(75)76-65-61-57-53-49-45-41-37-33-30-28-26-24-22-20-21-23-25-27-29-32-35-39-43-47-51-55-59-63-69(74)71-67(66-72)68(73)62-58-54-50-46-42-38-34-18-16-14-12-10-8-6-4-2/h17,19-21,24,26,67-68,72-73H,3-16,18,22-23,25,27-66H2,1-2H3,(H,71,74)/b19-17-,21-20-,26-24-. The summed E-state index contributed by atoms with van der Waals surface area (Å²) < 4.78 is 5.49. The normalized spacial score (nSPS) is 12.7. The number of aliphatic hydroxyl groups is 2. The van der Waals surface area contributed by atoms with Gasteiger partial charge in [-0.05, 0) is 83.5 Å². The van der Waals surface area contributed by atoms with E-state index in [0.29, 0.717) is 25.9 Å². The van der Waals surface area contributed by atoms with Crippen molar-refractivity contribution >= 4 is 11.9 Å². The lowest BCUT2D eigenvalue weighted by Gasteiger charge is -2.22. The van der Waals surface area contributed by atoms with Crippen LogP contribution in [0.15, 0.2) is 36.5 Å². The van der Waals surface area contributed by atoms with E-state index < -0.39 is 12.1 Å². The first-order chi connectivity index (χ1) is 37.5. The van der Waals surface area contributed by atoms with Gasteiger partial charge in [0.05, 0.1) is 25.4 Å². The SMILES string of the molecule is CCCCCCCC/C=C\CCCCCCCCCC(=O)OCCCCCCCCCCC/C=C\C/C=C\CCCCCCCCCCCCCC(=O)NC(CO)C(O)CCCCCCCCCCCCCCCCC. The predicted octanol–water partition coefficient (Wildman–Crippen LogP) is 21.9. The van der Waals surface area contributed by atoms with Crippen molar-refractivity contribution in [3.05, 3.63) is 36.5 Å². The summed E-state index contributed by atoms with van der Waals surface area (Å²) in [6, 6.07) is -0.544. The molecule has 0 aliphatic heterocycles. The highest BCUT2D eigenvalue weighted by Crippen LogP contribution is 2.18. The van der Waals surface area contributed by atoms with Gasteiger partial charge < -0.3 is 20.3 Å². The molecule has 2 atom stereocenters. The van der Waals surface area contributed by atoms with Gasteiger partial charge in [0.2, 0.25) is 5.91 Å². The minimum absolute atomic E-state index is 0.00767. The van der Waals surface area contributed by atoms with E-state index in [1.807, 2.05) is 0 Å². The van der Waals surface area contributed by atoms with Gasteiger partial charge in [-0.1, -0.05) is 314 Å². The van der Waals surface area contributed by atoms with Gasteiger partial charge in [-0.2, -0.15) is 0 Å². The van der Waals surface area contributed by atoms with E-state index in [4.69, 9.17) is 4.74 Å². The summed E-state index contributed by atoms with van der Waals surface area (Å²) in [5, 5.41) is 23.3. The molecule has 0 fully saturated rings. The van der Waals surface area contributed by atoms with E-state index in [-0.39, 0.29) is 18.5 Å². The summed E-state index contributed by atoms with van der Waals surface area (Å²) in [5.41, 5.74) is 0. The molecule has 448 valence electrons. The van der Waals surface area contributed by atoms with Crippen molar-refractivity contribution in [2.45, 2.75) is 386 Å². The van der Waals surface area contributed by atoms with Crippen LogP contribution in [0.4, 0.5) is 0 Å². The number of rotatable bonds is 64. The van der Waals surface area contributed by atoms with E-state index in [1.165, 1.54) is 289 Å². The van der Waals surface area contributed by atoms with Crippen LogP contribution in [0.5, 0.6) is 0 Å². The fraction of sp³-hybridized carbons (Fsp3) is 0.886. The molecule has 0 aliphatic rings. The van der Waals surface area contributed by atoms with Gasteiger partial charge in [0.15, 0.2) is 0 Å². The number of unbranched alkanes of at least 4 members (excludes halogenated alkanes) is 47. The van der Waals surface area contributed by atoms with E-state index in [2.05, 4.69) is 55.6 Å². The smallest absolute Gasteiger partial charge is 0.305 e. The van der Waals surface area contributed by atoms with Gasteiger partial charge in [0.1, 0.15) is 0 Å². The zero-order valence-electron chi connectivity index (χ0n) is 51.3. The average molecular weight is 1070 g/mol. The lowest BCUT2D eigenvalue weighted by molar-refractivity contribution is -0.143. The Hall–Kier alpha value is -1.92. The lowest BCUT2D eigenvalue weighted by atomic mass is 10.0. The van der Waals surface area contributed by atoms with Crippen molar-refractivity contribution in [2.75, 3.05) is 13.2 Å². The Morgan fingerprint density at radius 2 is 0.658 bits per heavy atom. The maximum absolute atomic E-state index is 12.5. The quantitative estimate of drug-likeness (QED) is 0.0320. The fourth-order valence-electron chi connectivity index (χ4n) is 10.7. The first kappa shape index (κ1) is 74.1. The number of aliphatic hydroxyl groups excluding tert-OH is 2. The van der Waals surface area contributed by atoms with E-state index >= 15 is 0 Å². The minimum Gasteiger partial charge on any atom is -0.466 e. The number of allylic oxidation sites excluding steroid dienone is 6. The molecule has 0 rings (SSSR count). The first-order valence-corrected chi connectivity index (χ1v) is 34.2. The Bertz CT molecular complexity index is 1230. The number of ether oxygens (including phenoxy) is 1. The molecule has 0 saturated carbocycles. The molecule has 0 aromatic heterocycles. The molecule has 6 nitrogen and oxygen atoms in total. The summed E-state index contributed by atoms with van der Waals surface area (Å²) in [6.07, 6.45) is 83.2. The summed E-state index contributed by atoms with van der Waals surface area (Å²) >= 11 is 0. The van der Waals surface area contributed by atoms with Gasteiger partial charge in [-0.15, -0.1) is 0 Å². The van der Waals surface area contributed by atoms with Crippen molar-refractivity contribution in [3.63, 3.8) is 0 Å². The molecule has 2 unspecified atom stereocenters. The van der Waals surface area contributed by atoms with Gasteiger partial charge in [-0.3, -0.25) is 9.59 Å². The summed E-state index contributed by atoms with van der Waals surface area (Å²) in [5.74, 6) is -0.0284. The number of amides is 1. The molecular formula is C70H133NO5. The molecule has 0 spiro atoms. The Kier molecular flexibility index (Phi) is 63.9. The molecule has 0 aromatic rings. The second kappa shape index (κ2) is 65.6. The van der Waals surface area contributed by atoms with Crippen LogP contribution in [0, 0.1) is 0 Å². The van der Waals surface area contributed by atoms with Gasteiger partial charge in [0.25, 0.3) is 0 Å². The van der Waals surface area contributed by atoms with Crippen LogP contribution in [0.1, 0.15) is 373 Å². The molecule has 6 heteroatoms. The highest BCUT2D eigenvalue weighted by atomic mass is 16.5. The van der Waals surface area contributed by atoms with Gasteiger partial charge in [-0.25, -0.2) is 0 Å². The van der Waals surface area contributed by atoms with Crippen molar-refractivity contribution in [1.82, 2.24) is 5.32 Å². The third-order valence-corrected chi connectivity index (χ3v) is 15.9. The molecule has 0 radical (unpaired) electrons. The molecule has 0 saturated heterocycles. The predicted molar refractivity (Wildman–Crippen MR) is 333 cm³/mol. The van der Waals surface area contributed by atoms with Crippen LogP contribution in [0.2, 0.25) is 0 Å². The summed E-state index contributed by atoms with van der Waals surface area (Å²) in [7, 11) is 0. The molecule has 0 heterocycles. The van der Waals surface area contributed by atoms with E-state index in [1.54, 1.807) is 0 Å². The van der Waals surface area contributed by atoms with Crippen LogP contribution in [0.25, 0.3) is 0 Å². The largest absolute Gasteiger partial charge is 0.466 e. The Balaban J connectivity index is 3.41. The first-order valence-electron chi connectivity index (χ1n) is 34.2. The summed E-state index contributed by atoms with van der Waals surface area (Å²) in [6.45, 7) is 4.97. The highest BCUT2D eigenvalue weighted by molar-refractivity contribution is 5.76. The molecular weight excluding hydrogens is 935 g/mol. The van der Waals surface area contributed by atoms with E-state index in [9.17, 15) is 19.8 Å². The maximum Gasteiger partial charge on any atom is 0.305 e. The van der Waals surface area contributed by atoms with Crippen molar-refractivity contribution < 1.29 is 24.5 Å². The number of carbonyl (C=O) groups excluding carboxylic acids is 2. The second-order valence-corrected chi connectivity index (χ2v) is 23.5. The van der Waals surface area contributed by atoms with Crippen molar-refractivity contribution in [3.8, 4) is 0 Å². The minimum atomic E-state index is -0.666.